The zero-order valence-electron chi connectivity index (χ0n) is 11.5. The van der Waals surface area contributed by atoms with Gasteiger partial charge in [-0.05, 0) is 23.3 Å². The summed E-state index contributed by atoms with van der Waals surface area (Å²) in [5.41, 5.74) is 2.42. The van der Waals surface area contributed by atoms with E-state index in [4.69, 9.17) is 11.6 Å². The van der Waals surface area contributed by atoms with Crippen LogP contribution in [0.25, 0.3) is 0 Å². The van der Waals surface area contributed by atoms with Gasteiger partial charge < -0.3 is 4.57 Å². The summed E-state index contributed by atoms with van der Waals surface area (Å²) in [4.78, 5) is 0. The molecule has 0 saturated carbocycles. The molecule has 0 amide bonds. The normalized spacial score (nSPS) is 12.3. The van der Waals surface area contributed by atoms with E-state index >= 15 is 0 Å². The largest absolute Gasteiger partial charge is 0.312 e. The maximum Gasteiger partial charge on any atom is 0.191 e. The Morgan fingerprint density at radius 3 is 2.29 bits per heavy atom. The van der Waals surface area contributed by atoms with E-state index in [2.05, 4.69) is 46.6 Å². The average Bonchev–Trinajstić information content (AvgIpc) is 2.92. The van der Waals surface area contributed by atoms with Crippen molar-refractivity contribution >= 4 is 23.4 Å². The van der Waals surface area contributed by atoms with Gasteiger partial charge in [0.05, 0.1) is 5.25 Å². The third-order valence-corrected chi connectivity index (χ3v) is 4.78. The lowest BCUT2D eigenvalue weighted by Crippen LogP contribution is -1.99. The molecule has 3 aromatic rings. The molecule has 0 fully saturated rings. The van der Waals surface area contributed by atoms with Crippen LogP contribution in [0.15, 0.2) is 66.1 Å². The first kappa shape index (κ1) is 14.2. The third kappa shape index (κ3) is 3.28. The summed E-state index contributed by atoms with van der Waals surface area (Å²) in [5, 5.41) is 9.91. The van der Waals surface area contributed by atoms with Gasteiger partial charge in [0.15, 0.2) is 5.16 Å². The first-order valence-electron chi connectivity index (χ1n) is 6.55. The Labute approximate surface area is 133 Å². The van der Waals surface area contributed by atoms with E-state index in [9.17, 15) is 0 Å². The zero-order valence-corrected chi connectivity index (χ0v) is 13.1. The molecule has 1 atom stereocenters. The molecule has 0 aliphatic heterocycles. The maximum atomic E-state index is 6.00. The molecule has 3 rings (SSSR count). The molecule has 0 aliphatic carbocycles. The van der Waals surface area contributed by atoms with Gasteiger partial charge in [-0.3, -0.25) is 0 Å². The van der Waals surface area contributed by atoms with E-state index in [-0.39, 0.29) is 5.25 Å². The number of rotatable bonds is 4. The summed E-state index contributed by atoms with van der Waals surface area (Å²) >= 11 is 7.68. The summed E-state index contributed by atoms with van der Waals surface area (Å²) in [6, 6.07) is 18.3. The predicted octanol–water partition coefficient (Wildman–Crippen LogP) is 4.35. The van der Waals surface area contributed by atoms with Crippen molar-refractivity contribution in [2.45, 2.75) is 10.4 Å². The highest BCUT2D eigenvalue weighted by atomic mass is 35.5. The van der Waals surface area contributed by atoms with Crippen molar-refractivity contribution in [1.29, 1.82) is 0 Å². The predicted molar refractivity (Wildman–Crippen MR) is 86.6 cm³/mol. The van der Waals surface area contributed by atoms with Crippen molar-refractivity contribution in [3.63, 3.8) is 0 Å². The molecule has 5 heteroatoms. The fourth-order valence-corrected chi connectivity index (χ4v) is 3.31. The van der Waals surface area contributed by atoms with E-state index in [1.165, 1.54) is 11.1 Å². The van der Waals surface area contributed by atoms with Crippen LogP contribution in [-0.2, 0) is 7.05 Å². The standard InChI is InChI=1S/C16H14ClN3S/c1-20-11-18-19-16(20)21-15(12-5-3-2-4-6-12)13-7-9-14(17)10-8-13/h2-11,15H,1H3/t15-/m1/s1. The quantitative estimate of drug-likeness (QED) is 0.671. The molecule has 21 heavy (non-hydrogen) atoms. The highest BCUT2D eigenvalue weighted by Crippen LogP contribution is 2.39. The summed E-state index contributed by atoms with van der Waals surface area (Å²) in [7, 11) is 1.95. The third-order valence-electron chi connectivity index (χ3n) is 3.17. The monoisotopic (exact) mass is 315 g/mol. The van der Waals surface area contributed by atoms with Gasteiger partial charge >= 0.3 is 0 Å². The molecule has 0 spiro atoms. The van der Waals surface area contributed by atoms with Crippen LogP contribution in [-0.4, -0.2) is 14.8 Å². The Kier molecular flexibility index (Phi) is 4.27. The zero-order chi connectivity index (χ0) is 14.7. The van der Waals surface area contributed by atoms with E-state index in [0.717, 1.165) is 10.2 Å². The molecule has 2 aromatic carbocycles. The number of benzene rings is 2. The molecule has 1 aromatic heterocycles. The highest BCUT2D eigenvalue weighted by molar-refractivity contribution is 7.99. The highest BCUT2D eigenvalue weighted by Gasteiger charge is 2.18. The Bertz CT molecular complexity index is 710. The molecular formula is C16H14ClN3S. The minimum atomic E-state index is 0.159. The smallest absolute Gasteiger partial charge is 0.191 e. The van der Waals surface area contributed by atoms with Crippen LogP contribution < -0.4 is 0 Å². The number of aromatic nitrogens is 3. The van der Waals surface area contributed by atoms with E-state index in [1.54, 1.807) is 18.1 Å². The molecule has 0 radical (unpaired) electrons. The molecule has 0 saturated heterocycles. The van der Waals surface area contributed by atoms with Gasteiger partial charge in [0.1, 0.15) is 6.33 Å². The lowest BCUT2D eigenvalue weighted by Gasteiger charge is -2.17. The molecule has 0 unspecified atom stereocenters. The van der Waals surface area contributed by atoms with Crippen molar-refractivity contribution < 1.29 is 0 Å². The number of hydrogen-bond acceptors (Lipinski definition) is 3. The lowest BCUT2D eigenvalue weighted by molar-refractivity contribution is 0.786. The van der Waals surface area contributed by atoms with E-state index in [0.29, 0.717) is 0 Å². The summed E-state index contributed by atoms with van der Waals surface area (Å²) in [6.07, 6.45) is 1.71. The number of aryl methyl sites for hydroxylation is 1. The van der Waals surface area contributed by atoms with Gasteiger partial charge in [-0.25, -0.2) is 0 Å². The Morgan fingerprint density at radius 2 is 1.67 bits per heavy atom. The van der Waals surface area contributed by atoms with Crippen molar-refractivity contribution in [2.75, 3.05) is 0 Å². The number of thioether (sulfide) groups is 1. The van der Waals surface area contributed by atoms with Gasteiger partial charge in [-0.1, -0.05) is 65.8 Å². The Morgan fingerprint density at radius 1 is 1.00 bits per heavy atom. The second-order valence-corrected chi connectivity index (χ2v) is 6.19. The van der Waals surface area contributed by atoms with E-state index in [1.807, 2.05) is 29.8 Å². The first-order valence-corrected chi connectivity index (χ1v) is 7.81. The Hall–Kier alpha value is -1.78. The van der Waals surface area contributed by atoms with Crippen molar-refractivity contribution in [1.82, 2.24) is 14.8 Å². The Balaban J connectivity index is 1.99. The SMILES string of the molecule is Cn1cnnc1S[C@H](c1ccccc1)c1ccc(Cl)cc1. The number of nitrogens with zero attached hydrogens (tertiary/aromatic N) is 3. The molecular weight excluding hydrogens is 302 g/mol. The van der Waals surface area contributed by atoms with Crippen LogP contribution in [0.3, 0.4) is 0 Å². The molecule has 0 N–H and O–H groups in total. The van der Waals surface area contributed by atoms with Gasteiger partial charge in [-0.15, -0.1) is 10.2 Å². The molecule has 0 bridgehead atoms. The van der Waals surface area contributed by atoms with Crippen molar-refractivity contribution in [2.24, 2.45) is 7.05 Å². The second kappa shape index (κ2) is 6.33. The number of halogens is 1. The van der Waals surface area contributed by atoms with Crippen LogP contribution in [0, 0.1) is 0 Å². The van der Waals surface area contributed by atoms with Crippen LogP contribution in [0.5, 0.6) is 0 Å². The topological polar surface area (TPSA) is 30.7 Å². The van der Waals surface area contributed by atoms with Gasteiger partial charge in [0, 0.05) is 12.1 Å². The summed E-state index contributed by atoms with van der Waals surface area (Å²) in [5.74, 6) is 0. The van der Waals surface area contributed by atoms with Crippen LogP contribution >= 0.6 is 23.4 Å². The summed E-state index contributed by atoms with van der Waals surface area (Å²) in [6.45, 7) is 0. The first-order chi connectivity index (χ1) is 10.2. The lowest BCUT2D eigenvalue weighted by atomic mass is 10.0. The second-order valence-electron chi connectivity index (χ2n) is 4.68. The average molecular weight is 316 g/mol. The van der Waals surface area contributed by atoms with Crippen LogP contribution in [0.4, 0.5) is 0 Å². The van der Waals surface area contributed by atoms with Crippen molar-refractivity contribution in [3.8, 4) is 0 Å². The van der Waals surface area contributed by atoms with Gasteiger partial charge in [0.2, 0.25) is 0 Å². The minimum absolute atomic E-state index is 0.159. The fraction of sp³-hybridized carbons (Fsp3) is 0.125. The van der Waals surface area contributed by atoms with Gasteiger partial charge in [-0.2, -0.15) is 0 Å². The van der Waals surface area contributed by atoms with Crippen molar-refractivity contribution in [3.05, 3.63) is 77.1 Å². The van der Waals surface area contributed by atoms with Gasteiger partial charge in [0.25, 0.3) is 0 Å². The van der Waals surface area contributed by atoms with E-state index < -0.39 is 0 Å². The summed E-state index contributed by atoms with van der Waals surface area (Å²) < 4.78 is 1.93. The van der Waals surface area contributed by atoms with Crippen LogP contribution in [0.1, 0.15) is 16.4 Å². The molecule has 106 valence electrons. The maximum absolute atomic E-state index is 6.00. The fourth-order valence-electron chi connectivity index (χ4n) is 2.08. The number of hydrogen-bond donors (Lipinski definition) is 0. The molecule has 1 heterocycles. The van der Waals surface area contributed by atoms with Crippen LogP contribution in [0.2, 0.25) is 5.02 Å². The molecule has 3 nitrogen and oxygen atoms in total. The minimum Gasteiger partial charge on any atom is -0.312 e. The molecule has 0 aliphatic rings.